The summed E-state index contributed by atoms with van der Waals surface area (Å²) in [5, 5.41) is 10.7. The van der Waals surface area contributed by atoms with Gasteiger partial charge in [0.05, 0.1) is 18.8 Å². The van der Waals surface area contributed by atoms with Gasteiger partial charge in [-0.05, 0) is 38.6 Å². The molecule has 0 heterocycles. The summed E-state index contributed by atoms with van der Waals surface area (Å²) in [4.78, 5) is 12.6. The highest BCUT2D eigenvalue weighted by atomic mass is 79.9. The lowest BCUT2D eigenvalue weighted by Crippen LogP contribution is -2.68. The van der Waals surface area contributed by atoms with E-state index in [0.29, 0.717) is 4.48 Å². The maximum atomic E-state index is 12.6. The van der Waals surface area contributed by atoms with Gasteiger partial charge in [-0.2, -0.15) is 0 Å². The summed E-state index contributed by atoms with van der Waals surface area (Å²) >= 11 is 7.07. The van der Waals surface area contributed by atoms with Crippen LogP contribution in [0.5, 0.6) is 0 Å². The molecule has 0 aromatic rings. The number of ether oxygens (including phenoxy) is 1. The highest BCUT2D eigenvalue weighted by Gasteiger charge is 2.65. The van der Waals surface area contributed by atoms with Crippen molar-refractivity contribution in [2.75, 3.05) is 7.11 Å². The van der Waals surface area contributed by atoms with Gasteiger partial charge in [-0.25, -0.2) is 0 Å². The van der Waals surface area contributed by atoms with Crippen molar-refractivity contribution < 1.29 is 19.1 Å². The molecule has 0 spiro atoms. The fraction of sp³-hybridized carbons (Fsp3) is 0.800. The number of methoxy groups -OCH3 is 1. The largest absolute Gasteiger partial charge is 0.468 e. The second-order valence-electron chi connectivity index (χ2n) is 7.13. The number of halogens is 2. The fourth-order valence-corrected chi connectivity index (χ4v) is 7.36. The van der Waals surface area contributed by atoms with E-state index in [4.69, 9.17) is 9.16 Å². The normalized spacial score (nSPS) is 39.0. The molecule has 0 aliphatic heterocycles. The number of carbonyl (C=O) groups excluding carboxylic acids is 1. The van der Waals surface area contributed by atoms with Crippen LogP contribution >= 0.6 is 31.9 Å². The van der Waals surface area contributed by atoms with E-state index < -0.39 is 24.3 Å². The van der Waals surface area contributed by atoms with Crippen molar-refractivity contribution in [1.29, 1.82) is 0 Å². The number of rotatable bonds is 3. The van der Waals surface area contributed by atoms with Crippen LogP contribution in [0.25, 0.3) is 0 Å². The SMILES string of the molecule is COC(=O)[C@@]1(Br)C=C(Br)[C@@H](O)C2CCCC[C@]21O[Si](C)(C)C. The predicted molar refractivity (Wildman–Crippen MR) is 95.8 cm³/mol. The minimum Gasteiger partial charge on any atom is -0.468 e. The van der Waals surface area contributed by atoms with Crippen LogP contribution < -0.4 is 0 Å². The van der Waals surface area contributed by atoms with Gasteiger partial charge in [0, 0.05) is 10.4 Å². The Kier molecular flexibility index (Phi) is 5.35. The van der Waals surface area contributed by atoms with Gasteiger partial charge in [0.25, 0.3) is 0 Å². The first-order chi connectivity index (χ1) is 10.1. The highest BCUT2D eigenvalue weighted by Crippen LogP contribution is 2.56. The van der Waals surface area contributed by atoms with Crippen LogP contribution in [-0.4, -0.2) is 42.5 Å². The summed E-state index contributed by atoms with van der Waals surface area (Å²) < 4.78 is 11.2. The summed E-state index contributed by atoms with van der Waals surface area (Å²) in [7, 11) is -0.568. The molecular formula is C15H24Br2O4Si. The Bertz CT molecular complexity index is 490. The van der Waals surface area contributed by atoms with E-state index in [1.807, 2.05) is 0 Å². The number of aliphatic hydroxyl groups excluding tert-OH is 1. The molecule has 2 rings (SSSR count). The minimum atomic E-state index is -1.95. The molecule has 4 nitrogen and oxygen atoms in total. The molecular weight excluding hydrogens is 432 g/mol. The molecule has 1 fully saturated rings. The lowest BCUT2D eigenvalue weighted by molar-refractivity contribution is -0.157. The van der Waals surface area contributed by atoms with Crippen molar-refractivity contribution >= 4 is 46.1 Å². The van der Waals surface area contributed by atoms with E-state index >= 15 is 0 Å². The number of esters is 1. The maximum Gasteiger partial charge on any atom is 0.329 e. The van der Waals surface area contributed by atoms with Gasteiger partial charge >= 0.3 is 5.97 Å². The van der Waals surface area contributed by atoms with Gasteiger partial charge in [0.15, 0.2) is 12.6 Å². The number of fused-ring (bicyclic) bond motifs is 1. The molecule has 0 aromatic heterocycles. The summed E-state index contributed by atoms with van der Waals surface area (Å²) in [6.45, 7) is 6.33. The zero-order chi connectivity index (χ0) is 16.8. The van der Waals surface area contributed by atoms with Crippen molar-refractivity contribution in [2.24, 2.45) is 5.92 Å². The molecule has 1 saturated carbocycles. The van der Waals surface area contributed by atoms with Crippen LogP contribution in [0, 0.1) is 5.92 Å². The van der Waals surface area contributed by atoms with Gasteiger partial charge < -0.3 is 14.3 Å². The van der Waals surface area contributed by atoms with Crippen LogP contribution in [0.2, 0.25) is 19.6 Å². The molecule has 1 N–H and O–H groups in total. The first-order valence-electron chi connectivity index (χ1n) is 7.61. The molecule has 126 valence electrons. The monoisotopic (exact) mass is 454 g/mol. The first-order valence-corrected chi connectivity index (χ1v) is 12.6. The van der Waals surface area contributed by atoms with Gasteiger partial charge in [-0.15, -0.1) is 0 Å². The molecule has 0 bridgehead atoms. The second kappa shape index (κ2) is 6.31. The average Bonchev–Trinajstić information content (AvgIpc) is 2.42. The first kappa shape index (κ1) is 18.6. The van der Waals surface area contributed by atoms with E-state index in [0.717, 1.165) is 25.7 Å². The number of alkyl halides is 1. The standard InChI is InChI=1S/C15H24Br2O4Si/c1-20-13(19)14(17)9-11(16)12(18)10-7-5-6-8-15(10,14)21-22(2,3)4/h9-10,12,18H,5-8H2,1-4H3/t10?,12-,14-,15-/m0/s1. The van der Waals surface area contributed by atoms with Crippen LogP contribution in [0.1, 0.15) is 25.7 Å². The van der Waals surface area contributed by atoms with Crippen LogP contribution in [0.15, 0.2) is 10.6 Å². The number of carbonyl (C=O) groups is 1. The summed E-state index contributed by atoms with van der Waals surface area (Å²) in [6, 6.07) is 0. The minimum absolute atomic E-state index is 0.133. The third-order valence-corrected chi connectivity index (χ3v) is 7.40. The lowest BCUT2D eigenvalue weighted by Gasteiger charge is -2.57. The molecule has 0 radical (unpaired) electrons. The zero-order valence-electron chi connectivity index (χ0n) is 13.5. The van der Waals surface area contributed by atoms with E-state index in [1.54, 1.807) is 6.08 Å². The maximum absolute atomic E-state index is 12.6. The van der Waals surface area contributed by atoms with Crippen molar-refractivity contribution in [3.8, 4) is 0 Å². The molecule has 2 aliphatic rings. The van der Waals surface area contributed by atoms with E-state index in [2.05, 4.69) is 51.5 Å². The molecule has 4 atom stereocenters. The van der Waals surface area contributed by atoms with Crippen molar-refractivity contribution in [3.05, 3.63) is 10.6 Å². The van der Waals surface area contributed by atoms with Crippen LogP contribution in [-0.2, 0) is 14.0 Å². The summed E-state index contributed by atoms with van der Waals surface area (Å²) in [5.41, 5.74) is -0.764. The average molecular weight is 456 g/mol. The second-order valence-corrected chi connectivity index (χ2v) is 13.7. The van der Waals surface area contributed by atoms with Gasteiger partial charge in [0.2, 0.25) is 0 Å². The molecule has 7 heteroatoms. The predicted octanol–water partition coefficient (Wildman–Crippen LogP) is 3.73. The molecule has 22 heavy (non-hydrogen) atoms. The molecule has 1 unspecified atom stereocenters. The van der Waals surface area contributed by atoms with Gasteiger partial charge in [-0.3, -0.25) is 4.79 Å². The van der Waals surface area contributed by atoms with E-state index in [9.17, 15) is 9.90 Å². The molecule has 2 aliphatic carbocycles. The summed E-state index contributed by atoms with van der Waals surface area (Å²) in [6.07, 6.45) is 4.65. The molecule has 0 amide bonds. The fourth-order valence-electron chi connectivity index (χ4n) is 3.75. The Morgan fingerprint density at radius 3 is 2.59 bits per heavy atom. The topological polar surface area (TPSA) is 55.8 Å². The zero-order valence-corrected chi connectivity index (χ0v) is 17.7. The van der Waals surface area contributed by atoms with E-state index in [1.165, 1.54) is 7.11 Å². The Morgan fingerprint density at radius 1 is 1.41 bits per heavy atom. The van der Waals surface area contributed by atoms with Crippen molar-refractivity contribution in [1.82, 2.24) is 0 Å². The third kappa shape index (κ3) is 2.99. The van der Waals surface area contributed by atoms with Crippen molar-refractivity contribution in [2.45, 2.75) is 61.4 Å². The Labute approximate surface area is 150 Å². The Balaban J connectivity index is 2.63. The van der Waals surface area contributed by atoms with Crippen LogP contribution in [0.4, 0.5) is 0 Å². The number of aliphatic hydroxyl groups is 1. The number of hydrogen-bond donors (Lipinski definition) is 1. The molecule has 0 saturated heterocycles. The highest BCUT2D eigenvalue weighted by molar-refractivity contribution is 9.12. The van der Waals surface area contributed by atoms with Gasteiger partial charge in [-0.1, -0.05) is 44.7 Å². The quantitative estimate of drug-likeness (QED) is 0.400. The Morgan fingerprint density at radius 2 is 2.05 bits per heavy atom. The third-order valence-electron chi connectivity index (χ3n) is 4.50. The van der Waals surface area contributed by atoms with E-state index in [-0.39, 0.29) is 11.9 Å². The van der Waals surface area contributed by atoms with Crippen LogP contribution in [0.3, 0.4) is 0 Å². The van der Waals surface area contributed by atoms with Crippen molar-refractivity contribution in [3.63, 3.8) is 0 Å². The number of hydrogen-bond acceptors (Lipinski definition) is 4. The van der Waals surface area contributed by atoms with Gasteiger partial charge in [0.1, 0.15) is 0 Å². The summed E-state index contributed by atoms with van der Waals surface area (Å²) in [5.74, 6) is -0.507. The Hall–Kier alpha value is 0.307. The molecule has 0 aromatic carbocycles. The lowest BCUT2D eigenvalue weighted by atomic mass is 9.63. The smallest absolute Gasteiger partial charge is 0.329 e.